The first-order valence-corrected chi connectivity index (χ1v) is 12.0. The van der Waals surface area contributed by atoms with Crippen molar-refractivity contribution in [3.05, 3.63) is 59.4 Å². The van der Waals surface area contributed by atoms with Crippen LogP contribution in [0.1, 0.15) is 66.2 Å². The van der Waals surface area contributed by atoms with E-state index in [1.165, 1.54) is 32.1 Å². The van der Waals surface area contributed by atoms with Gasteiger partial charge in [0.2, 0.25) is 5.91 Å². The Hall–Kier alpha value is -2.73. The minimum Gasteiger partial charge on any atom is -0.340 e. The highest BCUT2D eigenvalue weighted by atomic mass is 16.2. The number of nitrogens with zero attached hydrogens (tertiary/aromatic N) is 4. The van der Waals surface area contributed by atoms with Crippen molar-refractivity contribution < 1.29 is 9.59 Å². The summed E-state index contributed by atoms with van der Waals surface area (Å²) in [7, 11) is 0. The van der Waals surface area contributed by atoms with Gasteiger partial charge in [0, 0.05) is 44.1 Å². The summed E-state index contributed by atoms with van der Waals surface area (Å²) in [5.74, 6) is 0.0425. The molecule has 1 aromatic carbocycles. The number of aryl methyl sites for hydroxylation is 1. The van der Waals surface area contributed by atoms with E-state index in [4.69, 9.17) is 0 Å². The summed E-state index contributed by atoms with van der Waals surface area (Å²) in [6, 6.07) is 11.9. The molecule has 2 fully saturated rings. The largest absolute Gasteiger partial charge is 0.340 e. The predicted molar refractivity (Wildman–Crippen MR) is 125 cm³/mol. The van der Waals surface area contributed by atoms with Gasteiger partial charge in [-0.1, -0.05) is 31.4 Å². The predicted octanol–water partition coefficient (Wildman–Crippen LogP) is 3.96. The number of carbonyl (C=O) groups excluding carboxylic acids is 2. The smallest absolute Gasteiger partial charge is 0.260 e. The Kier molecular flexibility index (Phi) is 5.96. The molecule has 6 nitrogen and oxygen atoms in total. The summed E-state index contributed by atoms with van der Waals surface area (Å²) in [5.41, 5.74) is 3.23. The van der Waals surface area contributed by atoms with Crippen LogP contribution in [-0.2, 0) is 4.79 Å². The minimum atomic E-state index is -0.357. The topological polar surface area (TPSA) is 56.8 Å². The van der Waals surface area contributed by atoms with Gasteiger partial charge in [0.25, 0.3) is 5.91 Å². The number of aromatic nitrogens is 1. The van der Waals surface area contributed by atoms with E-state index in [1.54, 1.807) is 17.2 Å². The second-order valence-corrected chi connectivity index (χ2v) is 9.38. The Labute approximate surface area is 190 Å². The lowest BCUT2D eigenvalue weighted by atomic mass is 9.94. The van der Waals surface area contributed by atoms with Gasteiger partial charge in [-0.3, -0.25) is 24.4 Å². The third-order valence-electron chi connectivity index (χ3n) is 7.32. The molecule has 2 aromatic rings. The first kappa shape index (κ1) is 21.1. The van der Waals surface area contributed by atoms with Crippen molar-refractivity contribution in [1.29, 1.82) is 0 Å². The van der Waals surface area contributed by atoms with Crippen LogP contribution in [0.3, 0.4) is 0 Å². The molecule has 5 rings (SSSR count). The molecule has 0 spiro atoms. The molecule has 0 unspecified atom stereocenters. The minimum absolute atomic E-state index is 0.0707. The number of benzene rings is 1. The second-order valence-electron chi connectivity index (χ2n) is 9.38. The Bertz CT molecular complexity index is 993. The Morgan fingerprint density at radius 1 is 1.03 bits per heavy atom. The summed E-state index contributed by atoms with van der Waals surface area (Å²) in [6.45, 7) is 5.47. The lowest BCUT2D eigenvalue weighted by Gasteiger charge is -2.41. The van der Waals surface area contributed by atoms with Crippen molar-refractivity contribution in [2.24, 2.45) is 0 Å². The van der Waals surface area contributed by atoms with E-state index >= 15 is 0 Å². The molecule has 0 radical (unpaired) electrons. The van der Waals surface area contributed by atoms with Crippen LogP contribution in [0.5, 0.6) is 0 Å². The van der Waals surface area contributed by atoms with Gasteiger partial charge < -0.3 is 4.90 Å². The first-order valence-electron chi connectivity index (χ1n) is 12.0. The second kappa shape index (κ2) is 9.02. The molecule has 0 N–H and O–H groups in total. The molecule has 3 heterocycles. The van der Waals surface area contributed by atoms with Crippen LogP contribution in [0, 0.1) is 6.92 Å². The number of amides is 2. The average Bonchev–Trinajstić information content (AvgIpc) is 3.11. The molecular weight excluding hydrogens is 400 g/mol. The van der Waals surface area contributed by atoms with Crippen LogP contribution in [0.15, 0.2) is 42.6 Å². The molecule has 2 aliphatic heterocycles. The van der Waals surface area contributed by atoms with E-state index in [0.717, 1.165) is 37.4 Å². The van der Waals surface area contributed by atoms with Gasteiger partial charge in [-0.25, -0.2) is 0 Å². The van der Waals surface area contributed by atoms with Gasteiger partial charge in [0.1, 0.15) is 0 Å². The quantitative estimate of drug-likeness (QED) is 0.734. The lowest BCUT2D eigenvalue weighted by molar-refractivity contribution is -0.133. The van der Waals surface area contributed by atoms with Crippen LogP contribution in [0.2, 0.25) is 0 Å². The van der Waals surface area contributed by atoms with Gasteiger partial charge >= 0.3 is 0 Å². The SMILES string of the molecule is Cc1cccc(N2C(=O)c3cccnc3[C@H]2CC(=O)N2CCN(C3CCCCC3)CC2)c1. The normalized spacial score (nSPS) is 22.3. The molecule has 32 heavy (non-hydrogen) atoms. The van der Waals surface area contributed by atoms with E-state index in [2.05, 4.69) is 9.88 Å². The van der Waals surface area contributed by atoms with E-state index in [0.29, 0.717) is 17.3 Å². The fourth-order valence-corrected chi connectivity index (χ4v) is 5.60. The van der Waals surface area contributed by atoms with Crippen LogP contribution >= 0.6 is 0 Å². The fourth-order valence-electron chi connectivity index (χ4n) is 5.60. The Balaban J connectivity index is 1.31. The summed E-state index contributed by atoms with van der Waals surface area (Å²) in [6.07, 6.45) is 8.61. The average molecular weight is 433 g/mol. The molecule has 2 amide bonds. The summed E-state index contributed by atoms with van der Waals surface area (Å²) in [4.78, 5) is 37.4. The van der Waals surface area contributed by atoms with Crippen molar-refractivity contribution in [2.75, 3.05) is 31.1 Å². The number of pyridine rings is 1. The molecular formula is C26H32N4O2. The maximum atomic E-state index is 13.3. The number of fused-ring (bicyclic) bond motifs is 1. The zero-order chi connectivity index (χ0) is 22.1. The highest BCUT2D eigenvalue weighted by Gasteiger charge is 2.41. The highest BCUT2D eigenvalue weighted by Crippen LogP contribution is 2.39. The number of anilines is 1. The van der Waals surface area contributed by atoms with E-state index in [1.807, 2.05) is 42.2 Å². The number of carbonyl (C=O) groups is 2. The maximum absolute atomic E-state index is 13.3. The molecule has 1 saturated heterocycles. The number of hydrogen-bond donors (Lipinski definition) is 0. The number of hydrogen-bond acceptors (Lipinski definition) is 4. The van der Waals surface area contributed by atoms with Gasteiger partial charge in [0.15, 0.2) is 0 Å². The summed E-state index contributed by atoms with van der Waals surface area (Å²) < 4.78 is 0. The molecule has 6 heteroatoms. The number of piperazine rings is 1. The molecule has 1 aromatic heterocycles. The van der Waals surface area contributed by atoms with Gasteiger partial charge in [-0.2, -0.15) is 0 Å². The van der Waals surface area contributed by atoms with Crippen LogP contribution in [0.4, 0.5) is 5.69 Å². The van der Waals surface area contributed by atoms with Crippen LogP contribution in [-0.4, -0.2) is 58.8 Å². The van der Waals surface area contributed by atoms with Gasteiger partial charge in [-0.05, 0) is 49.6 Å². The van der Waals surface area contributed by atoms with Crippen molar-refractivity contribution in [3.63, 3.8) is 0 Å². The Morgan fingerprint density at radius 2 is 1.81 bits per heavy atom. The van der Waals surface area contributed by atoms with Crippen molar-refractivity contribution in [2.45, 2.75) is 57.5 Å². The molecule has 3 aliphatic rings. The van der Waals surface area contributed by atoms with Gasteiger partial charge in [-0.15, -0.1) is 0 Å². The van der Waals surface area contributed by atoms with Crippen molar-refractivity contribution in [1.82, 2.24) is 14.8 Å². The van der Waals surface area contributed by atoms with Crippen molar-refractivity contribution >= 4 is 17.5 Å². The van der Waals surface area contributed by atoms with E-state index in [-0.39, 0.29) is 24.3 Å². The maximum Gasteiger partial charge on any atom is 0.260 e. The zero-order valence-electron chi connectivity index (χ0n) is 18.9. The fraction of sp³-hybridized carbons (Fsp3) is 0.500. The standard InChI is InChI=1S/C26H32N4O2/c1-19-7-5-10-21(17-19)30-23(25-22(26(30)32)11-6-12-27-25)18-24(31)29-15-13-28(14-16-29)20-8-3-2-4-9-20/h5-7,10-12,17,20,23H,2-4,8-9,13-16,18H2,1H3/t23-/m1/s1. The summed E-state index contributed by atoms with van der Waals surface area (Å²) >= 11 is 0. The van der Waals surface area contributed by atoms with E-state index in [9.17, 15) is 9.59 Å². The highest BCUT2D eigenvalue weighted by molar-refractivity contribution is 6.11. The molecule has 1 atom stereocenters. The first-order chi connectivity index (χ1) is 15.6. The molecule has 1 saturated carbocycles. The molecule has 168 valence electrons. The third-order valence-corrected chi connectivity index (χ3v) is 7.32. The summed E-state index contributed by atoms with van der Waals surface area (Å²) in [5, 5.41) is 0. The van der Waals surface area contributed by atoms with Gasteiger partial charge in [0.05, 0.1) is 23.7 Å². The van der Waals surface area contributed by atoms with E-state index < -0.39 is 0 Å². The zero-order valence-corrected chi connectivity index (χ0v) is 18.9. The Morgan fingerprint density at radius 3 is 2.56 bits per heavy atom. The van der Waals surface area contributed by atoms with Crippen molar-refractivity contribution in [3.8, 4) is 0 Å². The van der Waals surface area contributed by atoms with Crippen LogP contribution < -0.4 is 4.90 Å². The lowest BCUT2D eigenvalue weighted by Crippen LogP contribution is -2.52. The third kappa shape index (κ3) is 4.04. The molecule has 1 aliphatic carbocycles. The monoisotopic (exact) mass is 432 g/mol. The van der Waals surface area contributed by atoms with Crippen LogP contribution in [0.25, 0.3) is 0 Å². The molecule has 0 bridgehead atoms. The number of rotatable bonds is 4.